The monoisotopic (exact) mass is 460 g/mol. The van der Waals surface area contributed by atoms with Crippen molar-refractivity contribution in [2.24, 2.45) is 11.0 Å². The van der Waals surface area contributed by atoms with E-state index in [1.807, 2.05) is 60.7 Å². The van der Waals surface area contributed by atoms with Crippen LogP contribution in [0.25, 0.3) is 16.7 Å². The molecule has 0 saturated heterocycles. The lowest BCUT2D eigenvalue weighted by atomic mass is 10.1. The average molecular weight is 461 g/mol. The molecule has 0 fully saturated rings. The largest absolute Gasteiger partial charge is 0.305 e. The van der Waals surface area contributed by atoms with Gasteiger partial charge in [-0.3, -0.25) is 19.6 Å². The van der Waals surface area contributed by atoms with E-state index in [9.17, 15) is 9.59 Å². The van der Waals surface area contributed by atoms with Crippen LogP contribution in [0.5, 0.6) is 0 Å². The zero-order chi connectivity index (χ0) is 23.4. The Labute approximate surface area is 196 Å². The first-order chi connectivity index (χ1) is 16.0. The number of anilines is 1. The Hall–Kier alpha value is -3.64. The van der Waals surface area contributed by atoms with Crippen LogP contribution < -0.4 is 21.9 Å². The number of hydrogen-bond donors (Lipinski definition) is 1. The summed E-state index contributed by atoms with van der Waals surface area (Å²) in [6, 6.07) is 23.6. The topological polar surface area (TPSA) is 68.4 Å². The van der Waals surface area contributed by atoms with Crippen molar-refractivity contribution in [1.29, 1.82) is 0 Å². The van der Waals surface area contributed by atoms with Crippen molar-refractivity contribution in [2.75, 3.05) is 5.43 Å². The van der Waals surface area contributed by atoms with E-state index < -0.39 is 11.1 Å². The molecular weight excluding hydrogens is 436 g/mol. The molecule has 0 aliphatic carbocycles. The maximum atomic E-state index is 13.8. The van der Waals surface area contributed by atoms with Crippen LogP contribution in [0.3, 0.4) is 0 Å². The van der Waals surface area contributed by atoms with Gasteiger partial charge in [-0.2, -0.15) is 5.10 Å². The molecule has 1 heterocycles. The van der Waals surface area contributed by atoms with E-state index in [-0.39, 0.29) is 5.36 Å². The number of nitrogens with zero attached hydrogens (tertiary/aromatic N) is 3. The van der Waals surface area contributed by atoms with Crippen LogP contribution in [0.2, 0.25) is 5.02 Å². The van der Waals surface area contributed by atoms with E-state index in [1.165, 1.54) is 4.57 Å². The summed E-state index contributed by atoms with van der Waals surface area (Å²) in [6.45, 7) is 4.64. The van der Waals surface area contributed by atoms with Crippen LogP contribution in [0.4, 0.5) is 5.69 Å². The zero-order valence-corrected chi connectivity index (χ0v) is 19.3. The average Bonchev–Trinajstić information content (AvgIpc) is 2.89. The summed E-state index contributed by atoms with van der Waals surface area (Å²) < 4.78 is 3.12. The lowest BCUT2D eigenvalue weighted by Gasteiger charge is -2.11. The molecule has 0 saturated carbocycles. The van der Waals surface area contributed by atoms with Crippen LogP contribution in [-0.2, 0) is 6.54 Å². The second-order valence-corrected chi connectivity index (χ2v) is 8.62. The number of aromatic nitrogens is 2. The van der Waals surface area contributed by atoms with E-state index in [0.29, 0.717) is 39.9 Å². The van der Waals surface area contributed by atoms with Crippen molar-refractivity contribution >= 4 is 28.3 Å². The highest BCUT2D eigenvalue weighted by molar-refractivity contribution is 6.31. The van der Waals surface area contributed by atoms with E-state index in [2.05, 4.69) is 24.4 Å². The molecule has 0 radical (unpaired) electrons. The lowest BCUT2D eigenvalue weighted by Crippen LogP contribution is -2.45. The van der Waals surface area contributed by atoms with Gasteiger partial charge in [-0.05, 0) is 54.8 Å². The van der Waals surface area contributed by atoms with Crippen LogP contribution >= 0.6 is 11.6 Å². The Balaban J connectivity index is 2.13. The molecule has 0 unspecified atom stereocenters. The predicted molar refractivity (Wildman–Crippen MR) is 134 cm³/mol. The number of benzene rings is 3. The molecule has 3 aromatic carbocycles. The molecule has 0 aliphatic rings. The Morgan fingerprint density at radius 1 is 0.879 bits per heavy atom. The molecule has 4 rings (SSSR count). The van der Waals surface area contributed by atoms with Crippen molar-refractivity contribution in [3.8, 4) is 5.69 Å². The van der Waals surface area contributed by atoms with Gasteiger partial charge < -0.3 is 4.57 Å². The Bertz CT molecular complexity index is 1460. The third kappa shape index (κ3) is 4.91. The highest BCUT2D eigenvalue weighted by atomic mass is 35.5. The van der Waals surface area contributed by atoms with Gasteiger partial charge in [-0.15, -0.1) is 0 Å². The van der Waals surface area contributed by atoms with Gasteiger partial charge in [0.1, 0.15) is 0 Å². The van der Waals surface area contributed by atoms with Gasteiger partial charge in [0.2, 0.25) is 5.36 Å². The number of rotatable bonds is 6. The smallest absolute Gasteiger partial charge is 0.289 e. The minimum Gasteiger partial charge on any atom is -0.305 e. The number of aryl methyl sites for hydroxylation is 1. The third-order valence-corrected chi connectivity index (χ3v) is 5.57. The van der Waals surface area contributed by atoms with Gasteiger partial charge in [0.25, 0.3) is 11.1 Å². The predicted octanol–water partition coefficient (Wildman–Crippen LogP) is 4.78. The number of fused-ring (bicyclic) bond motifs is 1. The summed E-state index contributed by atoms with van der Waals surface area (Å²) in [6.07, 6.45) is 0.771. The molecule has 4 aromatic rings. The molecule has 7 heteroatoms. The maximum Gasteiger partial charge on any atom is 0.289 e. The number of para-hydroxylation sites is 2. The fraction of sp³-hybridized carbons (Fsp3) is 0.192. The van der Waals surface area contributed by atoms with Gasteiger partial charge in [0, 0.05) is 17.3 Å². The molecule has 0 bridgehead atoms. The normalized spacial score (nSPS) is 11.8. The van der Waals surface area contributed by atoms with Crippen molar-refractivity contribution in [2.45, 2.75) is 26.8 Å². The molecule has 168 valence electrons. The molecule has 1 aromatic heterocycles. The Morgan fingerprint density at radius 3 is 2.21 bits per heavy atom. The second kappa shape index (κ2) is 9.88. The minimum absolute atomic E-state index is 0.196. The van der Waals surface area contributed by atoms with Crippen LogP contribution in [0.15, 0.2) is 93.6 Å². The van der Waals surface area contributed by atoms with Crippen molar-refractivity contribution in [3.05, 3.63) is 110 Å². The number of nitrogens with one attached hydrogen (secondary N) is 1. The summed E-state index contributed by atoms with van der Waals surface area (Å²) in [4.78, 5) is 27.5. The summed E-state index contributed by atoms with van der Waals surface area (Å²) in [5.74, 6) is 0.376. The third-order valence-electron chi connectivity index (χ3n) is 5.34. The van der Waals surface area contributed by atoms with E-state index in [1.54, 1.807) is 22.8 Å². The standard InChI is InChI=1S/C26H25ClN4O2/c1-18(2)15-16-30-22-14-13-19(27)17-23(22)31(21-11-7-4-8-12-21)26(33)24(25(30)32)29-28-20-9-5-3-6-10-20/h3-14,17-18,28H,15-16H2,1-2H3/b29-24-. The van der Waals surface area contributed by atoms with Crippen LogP contribution in [-0.4, -0.2) is 9.13 Å². The SMILES string of the molecule is CC(C)CCn1c(=O)/c(=N/Nc2ccccc2)c(=O)n(-c2ccccc2)c2cc(Cl)ccc21. The quantitative estimate of drug-likeness (QED) is 0.421. The molecule has 0 amide bonds. The van der Waals surface area contributed by atoms with E-state index in [4.69, 9.17) is 11.6 Å². The maximum absolute atomic E-state index is 13.8. The molecular formula is C26H25ClN4O2. The van der Waals surface area contributed by atoms with Gasteiger partial charge in [0.05, 0.1) is 16.7 Å². The highest BCUT2D eigenvalue weighted by Gasteiger charge is 2.14. The number of hydrogen-bond acceptors (Lipinski definition) is 4. The first-order valence-corrected chi connectivity index (χ1v) is 11.2. The molecule has 1 N–H and O–H groups in total. The fourth-order valence-corrected chi connectivity index (χ4v) is 3.79. The zero-order valence-electron chi connectivity index (χ0n) is 18.5. The molecule has 0 spiro atoms. The Morgan fingerprint density at radius 2 is 1.55 bits per heavy atom. The first kappa shape index (κ1) is 22.6. The summed E-state index contributed by atoms with van der Waals surface area (Å²) >= 11 is 6.34. The molecule has 6 nitrogen and oxygen atoms in total. The minimum atomic E-state index is -0.523. The van der Waals surface area contributed by atoms with E-state index in [0.717, 1.165) is 6.42 Å². The Kier molecular flexibility index (Phi) is 6.75. The second-order valence-electron chi connectivity index (χ2n) is 8.19. The van der Waals surface area contributed by atoms with Crippen LogP contribution in [0.1, 0.15) is 20.3 Å². The lowest BCUT2D eigenvalue weighted by molar-refractivity contribution is 0.516. The summed E-state index contributed by atoms with van der Waals surface area (Å²) in [5, 5.41) is 4.56. The van der Waals surface area contributed by atoms with Gasteiger partial charge in [-0.1, -0.05) is 61.8 Å². The molecule has 33 heavy (non-hydrogen) atoms. The van der Waals surface area contributed by atoms with Crippen molar-refractivity contribution in [3.63, 3.8) is 0 Å². The fourth-order valence-electron chi connectivity index (χ4n) is 3.62. The summed E-state index contributed by atoms with van der Waals surface area (Å²) in [5.41, 5.74) is 4.35. The van der Waals surface area contributed by atoms with E-state index >= 15 is 0 Å². The van der Waals surface area contributed by atoms with Gasteiger partial charge in [-0.25, -0.2) is 0 Å². The van der Waals surface area contributed by atoms with Crippen molar-refractivity contribution < 1.29 is 0 Å². The highest BCUT2D eigenvalue weighted by Crippen LogP contribution is 2.20. The van der Waals surface area contributed by atoms with Gasteiger partial charge in [0.15, 0.2) is 0 Å². The van der Waals surface area contributed by atoms with Crippen LogP contribution in [0, 0.1) is 5.92 Å². The summed E-state index contributed by atoms with van der Waals surface area (Å²) in [7, 11) is 0. The van der Waals surface area contributed by atoms with Gasteiger partial charge >= 0.3 is 0 Å². The molecule has 0 aliphatic heterocycles. The van der Waals surface area contributed by atoms with Crippen molar-refractivity contribution in [1.82, 2.24) is 9.13 Å². The molecule has 0 atom stereocenters. The number of halogens is 1. The first-order valence-electron chi connectivity index (χ1n) is 10.9.